The zero-order valence-electron chi connectivity index (χ0n) is 12.9. The van der Waals surface area contributed by atoms with Crippen molar-refractivity contribution >= 4 is 11.8 Å². The van der Waals surface area contributed by atoms with Gasteiger partial charge in [0.15, 0.2) is 5.82 Å². The molecule has 5 nitrogen and oxygen atoms in total. The average Bonchev–Trinajstić information content (AvgIpc) is 3.13. The van der Waals surface area contributed by atoms with Crippen molar-refractivity contribution in [1.82, 2.24) is 20.3 Å². The Hall–Kier alpha value is -2.08. The highest BCUT2D eigenvalue weighted by atomic mass is 32.2. The molecule has 1 aromatic carbocycles. The standard InChI is InChI=1S/C16H18N4OS/c1-4-12-5-7-13(8-6-12)15-17-16(19-18-15)22-9-14-10(2)20-21-11(14)3/h5-8H,4,9H2,1-3H3,(H,17,18,19). The second-order valence-corrected chi connectivity index (χ2v) is 6.05. The van der Waals surface area contributed by atoms with Gasteiger partial charge in [-0.1, -0.05) is 48.1 Å². The van der Waals surface area contributed by atoms with E-state index in [0.29, 0.717) is 0 Å². The van der Waals surface area contributed by atoms with Crippen LogP contribution in [0.1, 0.15) is 29.5 Å². The van der Waals surface area contributed by atoms with Gasteiger partial charge in [0, 0.05) is 16.9 Å². The molecule has 0 aliphatic heterocycles. The van der Waals surface area contributed by atoms with Crippen LogP contribution in [0.25, 0.3) is 11.4 Å². The predicted octanol–water partition coefficient (Wildman–Crippen LogP) is 3.93. The number of aryl methyl sites for hydroxylation is 3. The molecule has 0 aliphatic carbocycles. The minimum atomic E-state index is 0.731. The van der Waals surface area contributed by atoms with Crippen molar-refractivity contribution in [1.29, 1.82) is 0 Å². The Bertz CT molecular complexity index is 741. The Balaban J connectivity index is 1.70. The van der Waals surface area contributed by atoms with Gasteiger partial charge in [0.25, 0.3) is 0 Å². The Labute approximate surface area is 133 Å². The maximum Gasteiger partial charge on any atom is 0.209 e. The van der Waals surface area contributed by atoms with E-state index >= 15 is 0 Å². The van der Waals surface area contributed by atoms with Gasteiger partial charge in [-0.2, -0.15) is 0 Å². The molecule has 0 amide bonds. The van der Waals surface area contributed by atoms with Crippen molar-refractivity contribution in [3.63, 3.8) is 0 Å². The molecule has 1 N–H and O–H groups in total. The van der Waals surface area contributed by atoms with Crippen LogP contribution in [-0.4, -0.2) is 20.3 Å². The molecule has 0 aliphatic rings. The molecule has 3 rings (SSSR count). The zero-order chi connectivity index (χ0) is 15.5. The Kier molecular flexibility index (Phi) is 4.29. The van der Waals surface area contributed by atoms with Gasteiger partial charge in [-0.3, -0.25) is 5.10 Å². The van der Waals surface area contributed by atoms with Gasteiger partial charge in [0.1, 0.15) is 5.76 Å². The van der Waals surface area contributed by atoms with E-state index in [2.05, 4.69) is 51.5 Å². The summed E-state index contributed by atoms with van der Waals surface area (Å²) in [5.74, 6) is 2.41. The lowest BCUT2D eigenvalue weighted by atomic mass is 10.1. The summed E-state index contributed by atoms with van der Waals surface area (Å²) < 4.78 is 5.17. The topological polar surface area (TPSA) is 67.6 Å². The van der Waals surface area contributed by atoms with E-state index in [-0.39, 0.29) is 0 Å². The molecule has 0 spiro atoms. The van der Waals surface area contributed by atoms with Crippen LogP contribution >= 0.6 is 11.8 Å². The molecule has 0 saturated carbocycles. The van der Waals surface area contributed by atoms with Crippen LogP contribution in [0.15, 0.2) is 33.9 Å². The molecule has 0 atom stereocenters. The van der Waals surface area contributed by atoms with Crippen LogP contribution in [0.3, 0.4) is 0 Å². The summed E-state index contributed by atoms with van der Waals surface area (Å²) in [7, 11) is 0. The van der Waals surface area contributed by atoms with Gasteiger partial charge in [-0.15, -0.1) is 5.10 Å². The summed E-state index contributed by atoms with van der Waals surface area (Å²) in [6.07, 6.45) is 1.04. The molecule has 114 valence electrons. The third kappa shape index (κ3) is 3.06. The molecule has 6 heteroatoms. The molecule has 3 aromatic rings. The lowest BCUT2D eigenvalue weighted by Gasteiger charge is -1.98. The summed E-state index contributed by atoms with van der Waals surface area (Å²) in [5, 5.41) is 12.0. The van der Waals surface area contributed by atoms with Crippen molar-refractivity contribution in [2.75, 3.05) is 0 Å². The van der Waals surface area contributed by atoms with E-state index in [1.165, 1.54) is 5.56 Å². The summed E-state index contributed by atoms with van der Waals surface area (Å²) in [5.41, 5.74) is 4.41. The molecular weight excluding hydrogens is 296 g/mol. The first-order valence-corrected chi connectivity index (χ1v) is 8.22. The van der Waals surface area contributed by atoms with Gasteiger partial charge in [0.05, 0.1) is 5.69 Å². The summed E-state index contributed by atoms with van der Waals surface area (Å²) in [6.45, 7) is 6.02. The minimum Gasteiger partial charge on any atom is -0.361 e. The van der Waals surface area contributed by atoms with E-state index in [4.69, 9.17) is 4.52 Å². The van der Waals surface area contributed by atoms with E-state index in [0.717, 1.165) is 45.7 Å². The van der Waals surface area contributed by atoms with Crippen molar-refractivity contribution in [2.45, 2.75) is 38.1 Å². The SMILES string of the molecule is CCc1ccc(-c2nc(SCc3c(C)noc3C)n[nH]2)cc1. The van der Waals surface area contributed by atoms with E-state index in [1.807, 2.05) is 13.8 Å². The lowest BCUT2D eigenvalue weighted by Crippen LogP contribution is -1.86. The highest BCUT2D eigenvalue weighted by molar-refractivity contribution is 7.98. The number of thioether (sulfide) groups is 1. The Morgan fingerprint density at radius 3 is 2.59 bits per heavy atom. The second-order valence-electron chi connectivity index (χ2n) is 5.11. The molecule has 22 heavy (non-hydrogen) atoms. The molecule has 0 saturated heterocycles. The van der Waals surface area contributed by atoms with Crippen molar-refractivity contribution in [2.24, 2.45) is 0 Å². The fourth-order valence-electron chi connectivity index (χ4n) is 2.18. The number of benzene rings is 1. The number of H-pyrrole nitrogens is 1. The molecule has 2 aromatic heterocycles. The quantitative estimate of drug-likeness (QED) is 0.723. The molecule has 2 heterocycles. The monoisotopic (exact) mass is 314 g/mol. The van der Waals surface area contributed by atoms with Crippen LogP contribution in [0.4, 0.5) is 0 Å². The van der Waals surface area contributed by atoms with Crippen LogP contribution in [0.2, 0.25) is 0 Å². The number of rotatable bonds is 5. The third-order valence-corrected chi connectivity index (χ3v) is 4.50. The molecule has 0 radical (unpaired) electrons. The number of aromatic nitrogens is 4. The van der Waals surface area contributed by atoms with Crippen LogP contribution in [-0.2, 0) is 12.2 Å². The van der Waals surface area contributed by atoms with Gasteiger partial charge < -0.3 is 4.52 Å². The second kappa shape index (κ2) is 6.36. The lowest BCUT2D eigenvalue weighted by molar-refractivity contribution is 0.392. The first-order valence-electron chi connectivity index (χ1n) is 7.23. The van der Waals surface area contributed by atoms with Gasteiger partial charge in [0.2, 0.25) is 5.16 Å². The number of nitrogens with zero attached hydrogens (tertiary/aromatic N) is 3. The van der Waals surface area contributed by atoms with Crippen LogP contribution < -0.4 is 0 Å². The highest BCUT2D eigenvalue weighted by Crippen LogP contribution is 2.25. The first kappa shape index (κ1) is 14.8. The summed E-state index contributed by atoms with van der Waals surface area (Å²) in [4.78, 5) is 4.54. The maximum absolute atomic E-state index is 5.17. The third-order valence-electron chi connectivity index (χ3n) is 3.63. The Morgan fingerprint density at radius 2 is 1.95 bits per heavy atom. The normalized spacial score (nSPS) is 11.0. The predicted molar refractivity (Wildman–Crippen MR) is 86.7 cm³/mol. The van der Waals surface area contributed by atoms with E-state index in [1.54, 1.807) is 11.8 Å². The fourth-order valence-corrected chi connectivity index (χ4v) is 3.13. The summed E-state index contributed by atoms with van der Waals surface area (Å²) >= 11 is 1.58. The number of hydrogen-bond donors (Lipinski definition) is 1. The zero-order valence-corrected chi connectivity index (χ0v) is 13.7. The largest absolute Gasteiger partial charge is 0.361 e. The van der Waals surface area contributed by atoms with Crippen LogP contribution in [0.5, 0.6) is 0 Å². The maximum atomic E-state index is 5.17. The first-order chi connectivity index (χ1) is 10.7. The fraction of sp³-hybridized carbons (Fsp3) is 0.312. The number of hydrogen-bond acceptors (Lipinski definition) is 5. The minimum absolute atomic E-state index is 0.731. The van der Waals surface area contributed by atoms with Crippen molar-refractivity contribution < 1.29 is 4.52 Å². The summed E-state index contributed by atoms with van der Waals surface area (Å²) in [6, 6.07) is 8.38. The molecular formula is C16H18N4OS. The van der Waals surface area contributed by atoms with Gasteiger partial charge in [-0.05, 0) is 25.8 Å². The molecule has 0 fully saturated rings. The number of nitrogens with one attached hydrogen (secondary N) is 1. The number of aromatic amines is 1. The average molecular weight is 314 g/mol. The molecule has 0 unspecified atom stereocenters. The highest BCUT2D eigenvalue weighted by Gasteiger charge is 2.12. The Morgan fingerprint density at radius 1 is 1.18 bits per heavy atom. The van der Waals surface area contributed by atoms with Gasteiger partial charge in [-0.25, -0.2) is 4.98 Å². The van der Waals surface area contributed by atoms with Crippen molar-refractivity contribution in [3.8, 4) is 11.4 Å². The van der Waals surface area contributed by atoms with E-state index < -0.39 is 0 Å². The smallest absolute Gasteiger partial charge is 0.209 e. The van der Waals surface area contributed by atoms with E-state index in [9.17, 15) is 0 Å². The van der Waals surface area contributed by atoms with Crippen molar-refractivity contribution in [3.05, 3.63) is 46.8 Å². The van der Waals surface area contributed by atoms with Gasteiger partial charge >= 0.3 is 0 Å². The molecule has 0 bridgehead atoms. The van der Waals surface area contributed by atoms with Crippen LogP contribution in [0, 0.1) is 13.8 Å².